The van der Waals surface area contributed by atoms with Gasteiger partial charge in [0.05, 0.1) is 0 Å². The first-order valence-corrected chi connectivity index (χ1v) is 4.62. The van der Waals surface area contributed by atoms with E-state index in [0.717, 1.165) is 0 Å². The van der Waals surface area contributed by atoms with E-state index in [0.29, 0.717) is 0 Å². The molecule has 0 saturated heterocycles. The lowest BCUT2D eigenvalue weighted by Crippen LogP contribution is -2.21. The summed E-state index contributed by atoms with van der Waals surface area (Å²) < 4.78 is 9.98. The first-order valence-electron chi connectivity index (χ1n) is 2.90. The molecule has 0 radical (unpaired) electrons. The highest BCUT2D eigenvalue weighted by molar-refractivity contribution is 7.48. The zero-order valence-corrected chi connectivity index (χ0v) is 6.54. The van der Waals surface area contributed by atoms with Crippen LogP contribution in [0.15, 0.2) is 0 Å². The van der Waals surface area contributed by atoms with Crippen molar-refractivity contribution >= 4 is 13.5 Å². The lowest BCUT2D eigenvalue weighted by atomic mass is 10.3. The summed E-state index contributed by atoms with van der Waals surface area (Å²) in [6.45, 7) is 0. The van der Waals surface area contributed by atoms with E-state index in [1.54, 1.807) is 0 Å². The first kappa shape index (κ1) is 10.6. The maximum atomic E-state index is 10.2. The second-order valence-corrected chi connectivity index (χ2v) is 3.64. The van der Waals surface area contributed by atoms with Crippen LogP contribution in [-0.2, 0) is 9.36 Å². The maximum Gasteiger partial charge on any atom is 0.243 e. The highest BCUT2D eigenvalue weighted by Gasteiger charge is 1.98. The molecule has 0 atom stereocenters. The number of carbonyl (C=O) groups excluding carboxylic acids is 1. The van der Waals surface area contributed by atoms with Gasteiger partial charge in [-0.2, -0.15) is 0 Å². The van der Waals surface area contributed by atoms with Crippen LogP contribution in [0, 0.1) is 0 Å². The molecule has 0 aliphatic rings. The molecule has 66 valence electrons. The first-order chi connectivity index (χ1) is 4.95. The number of hydroxylamine groups is 1. The van der Waals surface area contributed by atoms with E-state index in [-0.39, 0.29) is 12.8 Å². The van der Waals surface area contributed by atoms with E-state index >= 15 is 0 Å². The zero-order chi connectivity index (χ0) is 8.91. The van der Waals surface area contributed by atoms with Gasteiger partial charge in [-0.1, -0.05) is 7.60 Å². The fraction of sp³-hybridized carbons (Fsp3) is 0.750. The SMILES string of the molecule is O=C(CCCP(=O)([O-])[O-])NO. The van der Waals surface area contributed by atoms with Crippen LogP contribution >= 0.6 is 7.60 Å². The molecule has 0 saturated carbocycles. The van der Waals surface area contributed by atoms with E-state index in [2.05, 4.69) is 0 Å². The van der Waals surface area contributed by atoms with Crippen molar-refractivity contribution in [1.82, 2.24) is 5.48 Å². The summed E-state index contributed by atoms with van der Waals surface area (Å²) in [4.78, 5) is 30.2. The molecule has 11 heavy (non-hydrogen) atoms. The third-order valence-corrected chi connectivity index (χ3v) is 1.82. The van der Waals surface area contributed by atoms with E-state index in [1.807, 2.05) is 0 Å². The quantitative estimate of drug-likeness (QED) is 0.301. The van der Waals surface area contributed by atoms with Gasteiger partial charge in [0.2, 0.25) is 5.91 Å². The van der Waals surface area contributed by atoms with Gasteiger partial charge in [-0.15, -0.1) is 0 Å². The molecular formula is C4H8NO5P-2. The summed E-state index contributed by atoms with van der Waals surface area (Å²) in [6.07, 6.45) is -0.776. The smallest absolute Gasteiger partial charge is 0.243 e. The Balaban J connectivity index is 3.43. The number of carbonyl (C=O) groups is 1. The van der Waals surface area contributed by atoms with Gasteiger partial charge < -0.3 is 14.4 Å². The second kappa shape index (κ2) is 4.46. The average Bonchev–Trinajstić information content (AvgIpc) is 1.85. The number of rotatable bonds is 4. The minimum absolute atomic E-state index is 0.0589. The van der Waals surface area contributed by atoms with Crippen molar-refractivity contribution in [2.24, 2.45) is 0 Å². The number of nitrogens with one attached hydrogen (secondary N) is 1. The van der Waals surface area contributed by atoms with Crippen LogP contribution in [0.25, 0.3) is 0 Å². The van der Waals surface area contributed by atoms with E-state index in [1.165, 1.54) is 5.48 Å². The normalized spacial score (nSPS) is 11.2. The molecule has 0 aromatic rings. The van der Waals surface area contributed by atoms with Crippen LogP contribution < -0.4 is 15.3 Å². The van der Waals surface area contributed by atoms with Crippen molar-refractivity contribution in [3.63, 3.8) is 0 Å². The Kier molecular flexibility index (Phi) is 4.29. The monoisotopic (exact) mass is 181 g/mol. The Labute approximate surface area is 63.3 Å². The predicted octanol–water partition coefficient (Wildman–Crippen LogP) is -1.81. The molecule has 0 spiro atoms. The van der Waals surface area contributed by atoms with Crippen molar-refractivity contribution in [1.29, 1.82) is 0 Å². The second-order valence-electron chi connectivity index (χ2n) is 1.97. The van der Waals surface area contributed by atoms with Crippen LogP contribution in [0.3, 0.4) is 0 Å². The lowest BCUT2D eigenvalue weighted by molar-refractivity contribution is -0.313. The zero-order valence-electron chi connectivity index (χ0n) is 5.65. The summed E-state index contributed by atoms with van der Waals surface area (Å²) in [7, 11) is -4.49. The molecule has 7 heteroatoms. The molecule has 0 unspecified atom stereocenters. The average molecular weight is 181 g/mol. The van der Waals surface area contributed by atoms with Gasteiger partial charge in [-0.3, -0.25) is 10.0 Å². The van der Waals surface area contributed by atoms with Crippen LogP contribution in [0.4, 0.5) is 0 Å². The fourth-order valence-electron chi connectivity index (χ4n) is 0.489. The Bertz CT molecular complexity index is 175. The minimum atomic E-state index is -4.49. The number of amides is 1. The van der Waals surface area contributed by atoms with Gasteiger partial charge in [0.25, 0.3) is 0 Å². The number of hydrogen-bond acceptors (Lipinski definition) is 5. The highest BCUT2D eigenvalue weighted by atomic mass is 31.2. The van der Waals surface area contributed by atoms with Crippen LogP contribution in [-0.4, -0.2) is 17.3 Å². The van der Waals surface area contributed by atoms with Crippen molar-refractivity contribution in [3.8, 4) is 0 Å². The Morgan fingerprint density at radius 2 is 2.09 bits per heavy atom. The van der Waals surface area contributed by atoms with Gasteiger partial charge in [-0.05, 0) is 12.6 Å². The molecule has 0 fully saturated rings. The van der Waals surface area contributed by atoms with Crippen molar-refractivity contribution in [3.05, 3.63) is 0 Å². The van der Waals surface area contributed by atoms with E-state index in [9.17, 15) is 19.1 Å². The topological polar surface area (TPSA) is 113 Å². The molecule has 0 heterocycles. The van der Waals surface area contributed by atoms with E-state index < -0.39 is 19.7 Å². The Morgan fingerprint density at radius 3 is 2.45 bits per heavy atom. The molecule has 2 N–H and O–H groups in total. The molecule has 0 rings (SSSR count). The Morgan fingerprint density at radius 1 is 1.55 bits per heavy atom. The Hall–Kier alpha value is -0.420. The molecule has 0 aliphatic heterocycles. The van der Waals surface area contributed by atoms with E-state index in [4.69, 9.17) is 5.21 Å². The van der Waals surface area contributed by atoms with Gasteiger partial charge >= 0.3 is 0 Å². The summed E-state index contributed by atoms with van der Waals surface area (Å²) in [5.74, 6) is -0.696. The molecule has 0 aliphatic carbocycles. The van der Waals surface area contributed by atoms with Crippen LogP contribution in [0.5, 0.6) is 0 Å². The van der Waals surface area contributed by atoms with Gasteiger partial charge in [-0.25, -0.2) is 5.48 Å². The summed E-state index contributed by atoms with van der Waals surface area (Å²) >= 11 is 0. The van der Waals surface area contributed by atoms with Crippen LogP contribution in [0.1, 0.15) is 12.8 Å². The van der Waals surface area contributed by atoms with Gasteiger partial charge in [0.1, 0.15) is 0 Å². The largest absolute Gasteiger partial charge is 0.811 e. The third-order valence-electron chi connectivity index (χ3n) is 0.961. The maximum absolute atomic E-state index is 10.2. The van der Waals surface area contributed by atoms with Crippen molar-refractivity contribution in [2.45, 2.75) is 12.8 Å². The van der Waals surface area contributed by atoms with Crippen molar-refractivity contribution in [2.75, 3.05) is 6.16 Å². The molecular weight excluding hydrogens is 173 g/mol. The summed E-state index contributed by atoms with van der Waals surface area (Å²) in [5, 5.41) is 7.94. The molecule has 0 aromatic carbocycles. The standard InChI is InChI=1S/C4H10NO5P/c6-4(5-7)2-1-3-11(8,9)10/h7H,1-3H2,(H,5,6)(H2,8,9,10)/p-2. The van der Waals surface area contributed by atoms with Crippen LogP contribution in [0.2, 0.25) is 0 Å². The molecule has 1 amide bonds. The minimum Gasteiger partial charge on any atom is -0.811 e. The van der Waals surface area contributed by atoms with Gasteiger partial charge in [0.15, 0.2) is 0 Å². The van der Waals surface area contributed by atoms with Crippen molar-refractivity contribution < 1.29 is 24.4 Å². The molecule has 0 aromatic heterocycles. The lowest BCUT2D eigenvalue weighted by Gasteiger charge is -2.28. The highest BCUT2D eigenvalue weighted by Crippen LogP contribution is 2.23. The molecule has 0 bridgehead atoms. The van der Waals surface area contributed by atoms with Gasteiger partial charge in [0, 0.05) is 6.42 Å². The fourth-order valence-corrected chi connectivity index (χ4v) is 1.03. The summed E-state index contributed by atoms with van der Waals surface area (Å²) in [6, 6.07) is 0. The molecule has 6 nitrogen and oxygen atoms in total. The number of hydrogen-bond donors (Lipinski definition) is 2. The third kappa shape index (κ3) is 7.48. The predicted molar refractivity (Wildman–Crippen MR) is 31.6 cm³/mol. The summed E-state index contributed by atoms with van der Waals surface area (Å²) in [5.41, 5.74) is 1.32.